The van der Waals surface area contributed by atoms with Crippen molar-refractivity contribution in [1.82, 2.24) is 30.1 Å². The van der Waals surface area contributed by atoms with Gasteiger partial charge in [0.25, 0.3) is 0 Å². The number of rotatable bonds is 3. The molecule has 0 fully saturated rings. The van der Waals surface area contributed by atoms with E-state index in [1.54, 1.807) is 12.4 Å². The topological polar surface area (TPSA) is 103 Å². The molecule has 154 valence electrons. The van der Waals surface area contributed by atoms with Gasteiger partial charge in [0.1, 0.15) is 17.1 Å². The number of H-pyrrole nitrogens is 2. The monoisotopic (exact) mass is 422 g/mol. The Morgan fingerprint density at radius 3 is 2.62 bits per heavy atom. The summed E-state index contributed by atoms with van der Waals surface area (Å²) in [5.74, 6) is -0.119. The normalized spacial score (nSPS) is 11.4. The molecule has 6 rings (SSSR count). The zero-order chi connectivity index (χ0) is 21.7. The van der Waals surface area contributed by atoms with Gasteiger partial charge in [0, 0.05) is 29.6 Å². The van der Waals surface area contributed by atoms with Gasteiger partial charge in [-0.1, -0.05) is 12.1 Å². The molecule has 0 saturated heterocycles. The van der Waals surface area contributed by atoms with Crippen LogP contribution < -0.4 is 0 Å². The molecular formula is C24H15FN6O. The fourth-order valence-corrected chi connectivity index (χ4v) is 3.85. The van der Waals surface area contributed by atoms with Crippen molar-refractivity contribution in [2.45, 2.75) is 0 Å². The maximum atomic E-state index is 13.9. The summed E-state index contributed by atoms with van der Waals surface area (Å²) < 4.78 is 13.9. The highest BCUT2D eigenvalue weighted by molar-refractivity contribution is 5.96. The molecule has 0 unspecified atom stereocenters. The number of aromatic hydroxyl groups is 1. The van der Waals surface area contributed by atoms with Crippen LogP contribution in [-0.4, -0.2) is 35.2 Å². The second-order valence-corrected chi connectivity index (χ2v) is 7.39. The highest BCUT2D eigenvalue weighted by atomic mass is 19.1. The Balaban J connectivity index is 1.52. The molecule has 0 bridgehead atoms. The average molecular weight is 422 g/mol. The first-order valence-corrected chi connectivity index (χ1v) is 9.90. The second-order valence-electron chi connectivity index (χ2n) is 7.39. The number of fused-ring (bicyclic) bond motifs is 2. The van der Waals surface area contributed by atoms with E-state index in [1.807, 2.05) is 42.5 Å². The zero-order valence-corrected chi connectivity index (χ0v) is 16.5. The van der Waals surface area contributed by atoms with Gasteiger partial charge in [-0.2, -0.15) is 5.10 Å². The third-order valence-corrected chi connectivity index (χ3v) is 5.30. The van der Waals surface area contributed by atoms with E-state index in [0.29, 0.717) is 33.7 Å². The largest absolute Gasteiger partial charge is 0.508 e. The minimum atomic E-state index is -0.516. The highest BCUT2D eigenvalue weighted by Crippen LogP contribution is 2.33. The number of hydrogen-bond acceptors (Lipinski definition) is 5. The van der Waals surface area contributed by atoms with Crippen LogP contribution in [0, 0.1) is 5.82 Å². The van der Waals surface area contributed by atoms with Gasteiger partial charge in [-0.25, -0.2) is 14.4 Å². The zero-order valence-electron chi connectivity index (χ0n) is 16.5. The smallest absolute Gasteiger partial charge is 0.161 e. The number of imidazole rings is 1. The van der Waals surface area contributed by atoms with Crippen LogP contribution in [0.1, 0.15) is 0 Å². The van der Waals surface area contributed by atoms with Gasteiger partial charge in [-0.05, 0) is 48.0 Å². The van der Waals surface area contributed by atoms with Gasteiger partial charge in [-0.15, -0.1) is 0 Å². The summed E-state index contributed by atoms with van der Waals surface area (Å²) in [6.07, 6.45) is 3.48. The molecular weight excluding hydrogens is 407 g/mol. The Kier molecular flexibility index (Phi) is 3.97. The minimum absolute atomic E-state index is 0.141. The number of aromatic nitrogens is 6. The lowest BCUT2D eigenvalue weighted by atomic mass is 10.0. The van der Waals surface area contributed by atoms with Crippen LogP contribution in [0.5, 0.6) is 5.75 Å². The number of nitrogens with one attached hydrogen (secondary N) is 2. The van der Waals surface area contributed by atoms with E-state index in [2.05, 4.69) is 20.2 Å². The quantitative estimate of drug-likeness (QED) is 0.369. The van der Waals surface area contributed by atoms with Crippen molar-refractivity contribution in [2.24, 2.45) is 0 Å². The van der Waals surface area contributed by atoms with E-state index in [0.717, 1.165) is 28.4 Å². The predicted molar refractivity (Wildman–Crippen MR) is 119 cm³/mol. The lowest BCUT2D eigenvalue weighted by Gasteiger charge is -2.04. The number of aromatic amines is 2. The standard InChI is InChI=1S/C24H15FN6O/c25-15-9-14(10-16(32)11-15)17-4-1-5-19-21(17)29-24(28-19)23-22-20(30-31-23)7-6-18(27-22)13-3-2-8-26-12-13/h1-12,32H,(H,28,29)(H,30,31). The van der Waals surface area contributed by atoms with Crippen molar-refractivity contribution in [2.75, 3.05) is 0 Å². The molecule has 0 radical (unpaired) electrons. The number of hydrogen-bond donors (Lipinski definition) is 3. The Hall–Kier alpha value is -4.59. The fraction of sp³-hybridized carbons (Fsp3) is 0. The van der Waals surface area contributed by atoms with Crippen molar-refractivity contribution in [3.8, 4) is 39.7 Å². The van der Waals surface area contributed by atoms with E-state index >= 15 is 0 Å². The lowest BCUT2D eigenvalue weighted by Crippen LogP contribution is -1.87. The number of phenolic OH excluding ortho intramolecular Hbond substituents is 1. The second kappa shape index (κ2) is 6.98. The van der Waals surface area contributed by atoms with Crippen molar-refractivity contribution in [3.05, 3.63) is 78.9 Å². The summed E-state index contributed by atoms with van der Waals surface area (Å²) in [5.41, 5.74) is 6.36. The van der Waals surface area contributed by atoms with E-state index in [1.165, 1.54) is 12.1 Å². The van der Waals surface area contributed by atoms with Gasteiger partial charge < -0.3 is 10.1 Å². The number of benzene rings is 2. The van der Waals surface area contributed by atoms with Crippen molar-refractivity contribution in [3.63, 3.8) is 0 Å². The first kappa shape index (κ1) is 18.2. The summed E-state index contributed by atoms with van der Waals surface area (Å²) in [7, 11) is 0. The van der Waals surface area contributed by atoms with Crippen LogP contribution >= 0.6 is 0 Å². The van der Waals surface area contributed by atoms with E-state index in [9.17, 15) is 9.50 Å². The van der Waals surface area contributed by atoms with E-state index < -0.39 is 5.82 Å². The third-order valence-electron chi connectivity index (χ3n) is 5.30. The minimum Gasteiger partial charge on any atom is -0.508 e. The first-order valence-electron chi connectivity index (χ1n) is 9.90. The van der Waals surface area contributed by atoms with E-state index in [4.69, 9.17) is 9.97 Å². The molecule has 6 aromatic rings. The van der Waals surface area contributed by atoms with Gasteiger partial charge in [0.15, 0.2) is 11.5 Å². The van der Waals surface area contributed by atoms with Gasteiger partial charge in [0.05, 0.1) is 22.2 Å². The Bertz CT molecular complexity index is 1590. The Morgan fingerprint density at radius 2 is 1.78 bits per heavy atom. The van der Waals surface area contributed by atoms with Crippen LogP contribution in [0.2, 0.25) is 0 Å². The SMILES string of the molecule is Oc1cc(F)cc(-c2cccc3[nH]c(-c4n[nH]c5ccc(-c6cccnc6)nc45)nc23)c1. The molecule has 3 N–H and O–H groups in total. The third kappa shape index (κ3) is 2.97. The van der Waals surface area contributed by atoms with Crippen LogP contribution in [0.25, 0.3) is 56.0 Å². The molecule has 0 aliphatic rings. The van der Waals surface area contributed by atoms with Gasteiger partial charge >= 0.3 is 0 Å². The number of halogens is 1. The molecule has 4 aromatic heterocycles. The molecule has 8 heteroatoms. The summed E-state index contributed by atoms with van der Waals surface area (Å²) in [4.78, 5) is 17.0. The summed E-state index contributed by atoms with van der Waals surface area (Å²) in [6.45, 7) is 0. The molecule has 0 aliphatic heterocycles. The van der Waals surface area contributed by atoms with Crippen LogP contribution in [0.15, 0.2) is 73.1 Å². The molecule has 4 heterocycles. The molecule has 0 aliphatic carbocycles. The van der Waals surface area contributed by atoms with E-state index in [-0.39, 0.29) is 5.75 Å². The Morgan fingerprint density at radius 1 is 0.844 bits per heavy atom. The maximum absolute atomic E-state index is 13.9. The average Bonchev–Trinajstić information content (AvgIpc) is 3.42. The summed E-state index contributed by atoms with van der Waals surface area (Å²) >= 11 is 0. The number of phenols is 1. The molecule has 2 aromatic carbocycles. The first-order chi connectivity index (χ1) is 15.7. The Labute approximate surface area is 180 Å². The van der Waals surface area contributed by atoms with Crippen molar-refractivity contribution >= 4 is 22.1 Å². The molecule has 0 atom stereocenters. The van der Waals surface area contributed by atoms with Crippen LogP contribution in [-0.2, 0) is 0 Å². The van der Waals surface area contributed by atoms with Gasteiger partial charge in [0.2, 0.25) is 0 Å². The fourth-order valence-electron chi connectivity index (χ4n) is 3.85. The number of para-hydroxylation sites is 1. The highest BCUT2D eigenvalue weighted by Gasteiger charge is 2.17. The number of pyridine rings is 2. The summed E-state index contributed by atoms with van der Waals surface area (Å²) in [6, 6.07) is 17.2. The molecule has 32 heavy (non-hydrogen) atoms. The lowest BCUT2D eigenvalue weighted by molar-refractivity contribution is 0.469. The summed E-state index contributed by atoms with van der Waals surface area (Å²) in [5, 5.41) is 17.3. The van der Waals surface area contributed by atoms with Crippen LogP contribution in [0.3, 0.4) is 0 Å². The molecule has 0 amide bonds. The molecule has 0 spiro atoms. The van der Waals surface area contributed by atoms with Crippen molar-refractivity contribution < 1.29 is 9.50 Å². The predicted octanol–water partition coefficient (Wildman–Crippen LogP) is 5.07. The maximum Gasteiger partial charge on any atom is 0.161 e. The molecule has 7 nitrogen and oxygen atoms in total. The van der Waals surface area contributed by atoms with Crippen LogP contribution in [0.4, 0.5) is 4.39 Å². The molecule has 0 saturated carbocycles. The van der Waals surface area contributed by atoms with Crippen molar-refractivity contribution in [1.29, 1.82) is 0 Å². The van der Waals surface area contributed by atoms with Gasteiger partial charge in [-0.3, -0.25) is 10.1 Å². The number of nitrogens with zero attached hydrogens (tertiary/aromatic N) is 4.